The van der Waals surface area contributed by atoms with Gasteiger partial charge >= 0.3 is 0 Å². The number of ether oxygens (including phenoxy) is 2. The van der Waals surface area contributed by atoms with Crippen LogP contribution in [0.4, 0.5) is 0 Å². The number of benzene rings is 2. The van der Waals surface area contributed by atoms with Gasteiger partial charge in [-0.15, -0.1) is 0 Å². The van der Waals surface area contributed by atoms with Gasteiger partial charge in [0.2, 0.25) is 0 Å². The maximum atomic E-state index is 12.1. The van der Waals surface area contributed by atoms with E-state index >= 15 is 0 Å². The van der Waals surface area contributed by atoms with E-state index in [1.807, 2.05) is 12.1 Å². The Morgan fingerprint density at radius 1 is 1.18 bits per heavy atom. The number of carbonyl (C=O) groups excluding carboxylic acids is 1. The molecule has 0 spiro atoms. The Balaban J connectivity index is 2.11. The van der Waals surface area contributed by atoms with Gasteiger partial charge in [-0.3, -0.25) is 4.79 Å². The average molecular weight is 319 g/mol. The third-order valence-corrected chi connectivity index (χ3v) is 3.27. The predicted octanol–water partition coefficient (Wildman–Crippen LogP) is 3.12. The molecule has 114 valence electrons. The van der Waals surface area contributed by atoms with Crippen LogP contribution < -0.4 is 14.9 Å². The Morgan fingerprint density at radius 3 is 2.64 bits per heavy atom. The molecule has 0 heterocycles. The van der Waals surface area contributed by atoms with Crippen molar-refractivity contribution in [2.75, 3.05) is 14.2 Å². The van der Waals surface area contributed by atoms with E-state index < -0.39 is 0 Å². The standard InChI is InChI=1S/C16H15ClN2O3/c1-21-12-7-8-13(15(9-12)22-2)16(20)19-18-10-11-5-3-4-6-14(11)17/h3-10H,1-2H3,(H,19,20). The largest absolute Gasteiger partial charge is 0.497 e. The normalized spacial score (nSPS) is 10.5. The van der Waals surface area contributed by atoms with Crippen LogP contribution in [0.3, 0.4) is 0 Å². The zero-order valence-corrected chi connectivity index (χ0v) is 12.9. The monoisotopic (exact) mass is 318 g/mol. The van der Waals surface area contributed by atoms with E-state index in [0.29, 0.717) is 27.6 Å². The van der Waals surface area contributed by atoms with Gasteiger partial charge in [0.25, 0.3) is 5.91 Å². The van der Waals surface area contributed by atoms with E-state index in [4.69, 9.17) is 21.1 Å². The first-order valence-electron chi connectivity index (χ1n) is 6.45. The van der Waals surface area contributed by atoms with Crippen molar-refractivity contribution in [2.24, 2.45) is 5.10 Å². The molecule has 0 fully saturated rings. The lowest BCUT2D eigenvalue weighted by atomic mass is 10.2. The maximum absolute atomic E-state index is 12.1. The quantitative estimate of drug-likeness (QED) is 0.680. The number of hydrogen-bond donors (Lipinski definition) is 1. The van der Waals surface area contributed by atoms with Gasteiger partial charge in [0.1, 0.15) is 11.5 Å². The molecular weight excluding hydrogens is 304 g/mol. The Labute approximate surface area is 133 Å². The van der Waals surface area contributed by atoms with Gasteiger partial charge in [-0.2, -0.15) is 5.10 Å². The van der Waals surface area contributed by atoms with Crippen LogP contribution in [0.5, 0.6) is 11.5 Å². The molecule has 0 aliphatic rings. The lowest BCUT2D eigenvalue weighted by molar-refractivity contribution is 0.0952. The fourth-order valence-electron chi connectivity index (χ4n) is 1.79. The number of hydrogen-bond acceptors (Lipinski definition) is 4. The number of carbonyl (C=O) groups is 1. The molecule has 2 aromatic carbocycles. The Kier molecular flexibility index (Phi) is 5.38. The summed E-state index contributed by atoms with van der Waals surface area (Å²) in [6, 6.07) is 12.1. The first kappa shape index (κ1) is 15.9. The molecule has 0 aliphatic carbocycles. The van der Waals surface area contributed by atoms with Crippen molar-refractivity contribution in [3.05, 3.63) is 58.6 Å². The van der Waals surface area contributed by atoms with Gasteiger partial charge in [-0.1, -0.05) is 29.8 Å². The highest BCUT2D eigenvalue weighted by molar-refractivity contribution is 6.33. The van der Waals surface area contributed by atoms with Crippen LogP contribution >= 0.6 is 11.6 Å². The van der Waals surface area contributed by atoms with E-state index in [2.05, 4.69) is 10.5 Å². The number of hydrazone groups is 1. The summed E-state index contributed by atoms with van der Waals surface area (Å²) in [5.41, 5.74) is 3.51. The third-order valence-electron chi connectivity index (χ3n) is 2.93. The fraction of sp³-hybridized carbons (Fsp3) is 0.125. The molecule has 2 aromatic rings. The summed E-state index contributed by atoms with van der Waals surface area (Å²) in [7, 11) is 3.03. The summed E-state index contributed by atoms with van der Waals surface area (Å²) in [5, 5.41) is 4.46. The van der Waals surface area contributed by atoms with Crippen molar-refractivity contribution in [3.8, 4) is 11.5 Å². The molecule has 0 saturated heterocycles. The number of nitrogens with zero attached hydrogens (tertiary/aromatic N) is 1. The number of nitrogens with one attached hydrogen (secondary N) is 1. The van der Waals surface area contributed by atoms with Crippen molar-refractivity contribution in [1.82, 2.24) is 5.43 Å². The zero-order chi connectivity index (χ0) is 15.9. The highest BCUT2D eigenvalue weighted by atomic mass is 35.5. The van der Waals surface area contributed by atoms with Crippen LogP contribution in [-0.2, 0) is 0 Å². The first-order chi connectivity index (χ1) is 10.7. The molecule has 2 rings (SSSR count). The minimum Gasteiger partial charge on any atom is -0.497 e. The second kappa shape index (κ2) is 7.47. The summed E-state index contributed by atoms with van der Waals surface area (Å²) >= 11 is 6.00. The Bertz CT molecular complexity index is 702. The van der Waals surface area contributed by atoms with Gasteiger partial charge in [0, 0.05) is 16.7 Å². The first-order valence-corrected chi connectivity index (χ1v) is 6.83. The second-order valence-corrected chi connectivity index (χ2v) is 4.69. The number of amides is 1. The van der Waals surface area contributed by atoms with E-state index in [-0.39, 0.29) is 5.91 Å². The van der Waals surface area contributed by atoms with Crippen molar-refractivity contribution in [3.63, 3.8) is 0 Å². The van der Waals surface area contributed by atoms with Gasteiger partial charge in [0.15, 0.2) is 0 Å². The summed E-state index contributed by atoms with van der Waals surface area (Å²) in [6.45, 7) is 0. The molecular formula is C16H15ClN2O3. The lowest BCUT2D eigenvalue weighted by Crippen LogP contribution is -2.18. The van der Waals surface area contributed by atoms with Gasteiger partial charge in [-0.05, 0) is 18.2 Å². The molecule has 0 atom stereocenters. The molecule has 0 radical (unpaired) electrons. The Morgan fingerprint density at radius 2 is 1.95 bits per heavy atom. The van der Waals surface area contributed by atoms with Crippen LogP contribution in [0.1, 0.15) is 15.9 Å². The molecule has 22 heavy (non-hydrogen) atoms. The fourth-order valence-corrected chi connectivity index (χ4v) is 1.97. The van der Waals surface area contributed by atoms with Crippen LogP contribution in [0.25, 0.3) is 0 Å². The SMILES string of the molecule is COc1ccc(C(=O)NN=Cc2ccccc2Cl)c(OC)c1. The second-order valence-electron chi connectivity index (χ2n) is 4.29. The van der Waals surface area contributed by atoms with Crippen molar-refractivity contribution >= 4 is 23.7 Å². The number of methoxy groups -OCH3 is 2. The van der Waals surface area contributed by atoms with Crippen molar-refractivity contribution < 1.29 is 14.3 Å². The highest BCUT2D eigenvalue weighted by Gasteiger charge is 2.12. The minimum atomic E-state index is -0.386. The van der Waals surface area contributed by atoms with Crippen molar-refractivity contribution in [2.45, 2.75) is 0 Å². The van der Waals surface area contributed by atoms with Gasteiger partial charge in [-0.25, -0.2) is 5.43 Å². The van der Waals surface area contributed by atoms with Crippen LogP contribution in [-0.4, -0.2) is 26.3 Å². The Hall–Kier alpha value is -2.53. The van der Waals surface area contributed by atoms with Crippen LogP contribution in [0.15, 0.2) is 47.6 Å². The smallest absolute Gasteiger partial charge is 0.275 e. The summed E-state index contributed by atoms with van der Waals surface area (Å²) in [5.74, 6) is 0.626. The summed E-state index contributed by atoms with van der Waals surface area (Å²) in [4.78, 5) is 12.1. The topological polar surface area (TPSA) is 59.9 Å². The van der Waals surface area contributed by atoms with Gasteiger partial charge in [0.05, 0.1) is 26.0 Å². The molecule has 1 N–H and O–H groups in total. The van der Waals surface area contributed by atoms with E-state index in [1.54, 1.807) is 37.4 Å². The minimum absolute atomic E-state index is 0.361. The molecule has 0 saturated carbocycles. The van der Waals surface area contributed by atoms with Crippen LogP contribution in [0, 0.1) is 0 Å². The molecule has 5 nitrogen and oxygen atoms in total. The molecule has 1 amide bonds. The van der Waals surface area contributed by atoms with Crippen LogP contribution in [0.2, 0.25) is 5.02 Å². The average Bonchev–Trinajstić information content (AvgIpc) is 2.55. The molecule has 0 bridgehead atoms. The molecule has 6 heteroatoms. The maximum Gasteiger partial charge on any atom is 0.275 e. The number of halogens is 1. The highest BCUT2D eigenvalue weighted by Crippen LogP contribution is 2.24. The molecule has 0 aliphatic heterocycles. The van der Waals surface area contributed by atoms with E-state index in [1.165, 1.54) is 13.3 Å². The van der Waals surface area contributed by atoms with Gasteiger partial charge < -0.3 is 9.47 Å². The predicted molar refractivity (Wildman–Crippen MR) is 86.1 cm³/mol. The summed E-state index contributed by atoms with van der Waals surface area (Å²) < 4.78 is 10.3. The van der Waals surface area contributed by atoms with E-state index in [0.717, 1.165) is 0 Å². The number of rotatable bonds is 5. The van der Waals surface area contributed by atoms with E-state index in [9.17, 15) is 4.79 Å². The lowest BCUT2D eigenvalue weighted by Gasteiger charge is -2.08. The molecule has 0 aromatic heterocycles. The third kappa shape index (κ3) is 3.77. The molecule has 0 unspecified atom stereocenters. The summed E-state index contributed by atoms with van der Waals surface area (Å²) in [6.07, 6.45) is 1.48. The zero-order valence-electron chi connectivity index (χ0n) is 12.2. The van der Waals surface area contributed by atoms with Crippen molar-refractivity contribution in [1.29, 1.82) is 0 Å².